The summed E-state index contributed by atoms with van der Waals surface area (Å²) in [6.45, 7) is 0.863. The minimum atomic E-state index is -1.15. The zero-order chi connectivity index (χ0) is 22.0. The van der Waals surface area contributed by atoms with Crippen LogP contribution in [0.1, 0.15) is 5.56 Å². The van der Waals surface area contributed by atoms with E-state index in [0.717, 1.165) is 5.56 Å². The molecule has 3 heterocycles. The molecule has 0 bridgehead atoms. The van der Waals surface area contributed by atoms with Gasteiger partial charge >= 0.3 is 0 Å². The quantitative estimate of drug-likeness (QED) is 0.397. The average Bonchev–Trinajstić information content (AvgIpc) is 3.56. The summed E-state index contributed by atoms with van der Waals surface area (Å²) in [5.41, 5.74) is 1.46. The van der Waals surface area contributed by atoms with Gasteiger partial charge in [0.25, 0.3) is 0 Å². The Balaban J connectivity index is 1.30. The van der Waals surface area contributed by atoms with Crippen molar-refractivity contribution in [2.24, 2.45) is 0 Å². The predicted octanol–water partition coefficient (Wildman–Crippen LogP) is 3.98. The van der Waals surface area contributed by atoms with Gasteiger partial charge in [-0.05, 0) is 36.4 Å². The van der Waals surface area contributed by atoms with Crippen molar-refractivity contribution in [2.75, 3.05) is 13.2 Å². The first kappa shape index (κ1) is 20.9. The van der Waals surface area contributed by atoms with Crippen molar-refractivity contribution in [3.8, 4) is 17.2 Å². The maximum Gasteiger partial charge on any atom is 0.247 e. The number of rotatable bonds is 7. The summed E-state index contributed by atoms with van der Waals surface area (Å²) in [5.74, 6) is -0.0254. The SMILES string of the molecule is Clc1ccc([C@]2(Cn3cncn3)OC[C@@H](COc3ccc(-c4nnco4)cc3)O2)c(Cl)c1. The number of ether oxygens (including phenoxy) is 3. The zero-order valence-corrected chi connectivity index (χ0v) is 18.1. The number of nitrogens with zero attached hydrogens (tertiary/aromatic N) is 5. The van der Waals surface area contributed by atoms with Crippen LogP contribution in [0.2, 0.25) is 10.0 Å². The molecule has 0 radical (unpaired) electrons. The largest absolute Gasteiger partial charge is 0.491 e. The van der Waals surface area contributed by atoms with Crippen molar-refractivity contribution in [3.63, 3.8) is 0 Å². The van der Waals surface area contributed by atoms with Crippen LogP contribution in [-0.2, 0) is 21.8 Å². The summed E-state index contributed by atoms with van der Waals surface area (Å²) in [7, 11) is 0. The maximum atomic E-state index is 6.48. The Kier molecular flexibility index (Phi) is 5.79. The van der Waals surface area contributed by atoms with E-state index >= 15 is 0 Å². The van der Waals surface area contributed by atoms with Crippen LogP contribution in [0.15, 0.2) is 65.9 Å². The fraction of sp³-hybridized carbons (Fsp3) is 0.238. The molecule has 32 heavy (non-hydrogen) atoms. The molecule has 0 amide bonds. The molecule has 9 nitrogen and oxygen atoms in total. The second-order valence-corrected chi connectivity index (χ2v) is 7.94. The fourth-order valence-corrected chi connectivity index (χ4v) is 4.02. The first-order chi connectivity index (χ1) is 15.6. The summed E-state index contributed by atoms with van der Waals surface area (Å²) in [6, 6.07) is 12.5. The van der Waals surface area contributed by atoms with Crippen molar-refractivity contribution in [1.29, 1.82) is 0 Å². The van der Waals surface area contributed by atoms with Crippen LogP contribution in [0, 0.1) is 0 Å². The van der Waals surface area contributed by atoms with Gasteiger partial charge in [0.1, 0.15) is 37.7 Å². The van der Waals surface area contributed by atoms with Gasteiger partial charge in [-0.2, -0.15) is 5.10 Å². The molecule has 0 saturated carbocycles. The third kappa shape index (κ3) is 4.33. The topological polar surface area (TPSA) is 97.3 Å². The number of halogens is 2. The molecule has 2 atom stereocenters. The lowest BCUT2D eigenvalue weighted by Gasteiger charge is -2.29. The number of aromatic nitrogens is 5. The van der Waals surface area contributed by atoms with E-state index in [-0.39, 0.29) is 19.3 Å². The van der Waals surface area contributed by atoms with Crippen LogP contribution >= 0.6 is 23.2 Å². The standard InChI is InChI=1S/C21H17Cl2N5O4/c22-15-3-6-18(19(23)7-15)21(10-28-12-24-11-26-28)31-9-17(32-21)8-29-16-4-1-14(2-5-16)20-27-25-13-30-20/h1-7,11-13,17H,8-10H2/t17-,21-/m1/s1. The van der Waals surface area contributed by atoms with E-state index in [0.29, 0.717) is 33.9 Å². The second-order valence-electron chi connectivity index (χ2n) is 7.10. The van der Waals surface area contributed by atoms with Gasteiger partial charge in [-0.1, -0.05) is 29.3 Å². The number of benzene rings is 2. The van der Waals surface area contributed by atoms with Crippen molar-refractivity contribution in [1.82, 2.24) is 25.0 Å². The van der Waals surface area contributed by atoms with Gasteiger partial charge in [0.05, 0.1) is 11.6 Å². The molecule has 0 aliphatic carbocycles. The second kappa shape index (κ2) is 8.87. The fourth-order valence-electron chi connectivity index (χ4n) is 3.46. The highest BCUT2D eigenvalue weighted by Crippen LogP contribution is 2.40. The predicted molar refractivity (Wildman–Crippen MR) is 114 cm³/mol. The van der Waals surface area contributed by atoms with Crippen molar-refractivity contribution in [3.05, 3.63) is 77.1 Å². The molecular formula is C21H17Cl2N5O4. The van der Waals surface area contributed by atoms with Gasteiger partial charge in [0.15, 0.2) is 0 Å². The van der Waals surface area contributed by atoms with Gasteiger partial charge in [0.2, 0.25) is 18.1 Å². The molecule has 0 spiro atoms. The first-order valence-corrected chi connectivity index (χ1v) is 10.5. The van der Waals surface area contributed by atoms with Crippen molar-refractivity contribution < 1.29 is 18.6 Å². The molecule has 2 aromatic carbocycles. The molecule has 1 aliphatic rings. The van der Waals surface area contributed by atoms with E-state index in [2.05, 4.69) is 20.3 Å². The molecular weight excluding hydrogens is 457 g/mol. The molecule has 2 aromatic heterocycles. The van der Waals surface area contributed by atoms with E-state index in [1.54, 1.807) is 29.2 Å². The molecule has 1 aliphatic heterocycles. The highest BCUT2D eigenvalue weighted by Gasteiger charge is 2.45. The Bertz CT molecular complexity index is 1170. The highest BCUT2D eigenvalue weighted by atomic mass is 35.5. The first-order valence-electron chi connectivity index (χ1n) is 9.70. The van der Waals surface area contributed by atoms with E-state index < -0.39 is 5.79 Å². The van der Waals surface area contributed by atoms with Gasteiger partial charge in [-0.3, -0.25) is 0 Å². The lowest BCUT2D eigenvalue weighted by atomic mass is 10.1. The summed E-state index contributed by atoms with van der Waals surface area (Å²) in [6.07, 6.45) is 3.99. The highest BCUT2D eigenvalue weighted by molar-refractivity contribution is 6.35. The summed E-state index contributed by atoms with van der Waals surface area (Å²) in [4.78, 5) is 3.99. The van der Waals surface area contributed by atoms with E-state index in [4.69, 9.17) is 41.8 Å². The van der Waals surface area contributed by atoms with E-state index in [1.165, 1.54) is 12.7 Å². The minimum Gasteiger partial charge on any atom is -0.491 e. The minimum absolute atomic E-state index is 0.268. The third-order valence-electron chi connectivity index (χ3n) is 4.93. The maximum absolute atomic E-state index is 6.48. The summed E-state index contributed by atoms with van der Waals surface area (Å²) in [5, 5.41) is 12.7. The molecule has 0 N–H and O–H groups in total. The third-order valence-corrected chi connectivity index (χ3v) is 5.48. The molecule has 11 heteroatoms. The Morgan fingerprint density at radius 2 is 2.03 bits per heavy atom. The van der Waals surface area contributed by atoms with Gasteiger partial charge in [-0.15, -0.1) is 10.2 Å². The lowest BCUT2D eigenvalue weighted by molar-refractivity contribution is -0.190. The monoisotopic (exact) mass is 473 g/mol. The van der Waals surface area contributed by atoms with Gasteiger partial charge in [0, 0.05) is 16.1 Å². The van der Waals surface area contributed by atoms with Crippen LogP contribution < -0.4 is 4.74 Å². The van der Waals surface area contributed by atoms with Gasteiger partial charge < -0.3 is 18.6 Å². The Morgan fingerprint density at radius 1 is 1.16 bits per heavy atom. The smallest absolute Gasteiger partial charge is 0.247 e. The Morgan fingerprint density at radius 3 is 2.75 bits per heavy atom. The normalized spacial score (nSPS) is 20.5. The van der Waals surface area contributed by atoms with Crippen molar-refractivity contribution in [2.45, 2.75) is 18.4 Å². The molecule has 1 fully saturated rings. The van der Waals surface area contributed by atoms with Gasteiger partial charge in [-0.25, -0.2) is 9.67 Å². The van der Waals surface area contributed by atoms with Crippen LogP contribution in [0.5, 0.6) is 5.75 Å². The van der Waals surface area contributed by atoms with Crippen LogP contribution in [0.3, 0.4) is 0 Å². The molecule has 0 unspecified atom stereocenters. The summed E-state index contributed by atoms with van der Waals surface area (Å²) >= 11 is 12.6. The van der Waals surface area contributed by atoms with E-state index in [9.17, 15) is 0 Å². The molecule has 4 aromatic rings. The average molecular weight is 474 g/mol. The molecule has 5 rings (SSSR count). The van der Waals surface area contributed by atoms with Crippen LogP contribution in [0.4, 0.5) is 0 Å². The number of hydrogen-bond acceptors (Lipinski definition) is 8. The van der Waals surface area contributed by atoms with Crippen LogP contribution in [-0.4, -0.2) is 44.3 Å². The van der Waals surface area contributed by atoms with E-state index in [1.807, 2.05) is 24.3 Å². The Labute approximate surface area is 192 Å². The van der Waals surface area contributed by atoms with Crippen molar-refractivity contribution >= 4 is 23.2 Å². The zero-order valence-electron chi connectivity index (χ0n) is 16.6. The molecule has 1 saturated heterocycles. The Hall–Kier alpha value is -2.98. The summed E-state index contributed by atoms with van der Waals surface area (Å²) < 4.78 is 25.2. The molecule has 164 valence electrons. The van der Waals surface area contributed by atoms with Crippen LogP contribution in [0.25, 0.3) is 11.5 Å². The number of hydrogen-bond donors (Lipinski definition) is 0. The lowest BCUT2D eigenvalue weighted by Crippen LogP contribution is -2.35.